The quantitative estimate of drug-likeness (QED) is 0.419. The summed E-state index contributed by atoms with van der Waals surface area (Å²) >= 11 is 0. The first-order valence-electron chi connectivity index (χ1n) is 10.9. The fraction of sp³-hybridized carbons (Fsp3) is 0.375. The minimum Gasteiger partial charge on any atom is -0.479 e. The van der Waals surface area contributed by atoms with Crippen LogP contribution in [0.1, 0.15) is 18.9 Å². The van der Waals surface area contributed by atoms with Crippen LogP contribution in [-0.2, 0) is 15.0 Å². The molecule has 2 aromatic rings. The first-order valence-corrected chi connectivity index (χ1v) is 10.9. The van der Waals surface area contributed by atoms with Gasteiger partial charge < -0.3 is 30.1 Å². The van der Waals surface area contributed by atoms with Crippen molar-refractivity contribution >= 4 is 29.4 Å². The number of aliphatic hydroxyl groups is 2. The molecule has 0 aromatic heterocycles. The molecule has 0 radical (unpaired) electrons. The fourth-order valence-electron chi connectivity index (χ4n) is 4.66. The molecule has 1 fully saturated rings. The lowest BCUT2D eigenvalue weighted by Gasteiger charge is -2.32. The molecule has 0 saturated carbocycles. The molecule has 2 aliphatic heterocycles. The minimum atomic E-state index is -2.27. The van der Waals surface area contributed by atoms with Gasteiger partial charge in [0.05, 0.1) is 6.17 Å². The van der Waals surface area contributed by atoms with E-state index >= 15 is 0 Å². The normalized spacial score (nSPS) is 22.2. The molecule has 0 spiro atoms. The first-order chi connectivity index (χ1) is 16.5. The SMILES string of the molecule is CN1CCC2(C)c3cc(OC(=O)Nc4ccccc4)ccc3N(C)C12.O=C(O)C(O)C(O)C(=O)O. The Morgan fingerprint density at radius 1 is 1.03 bits per heavy atom. The van der Waals surface area contributed by atoms with E-state index in [4.69, 9.17) is 25.2 Å². The number of hydrogen-bond donors (Lipinski definition) is 5. The van der Waals surface area contributed by atoms with Crippen LogP contribution in [0.25, 0.3) is 0 Å². The van der Waals surface area contributed by atoms with E-state index in [9.17, 15) is 14.4 Å². The Morgan fingerprint density at radius 2 is 1.63 bits per heavy atom. The molecule has 1 saturated heterocycles. The Hall–Kier alpha value is -3.67. The predicted octanol–water partition coefficient (Wildman–Crippen LogP) is 1.54. The van der Waals surface area contributed by atoms with E-state index in [-0.39, 0.29) is 5.41 Å². The van der Waals surface area contributed by atoms with Crippen LogP contribution in [-0.4, -0.2) is 82.4 Å². The van der Waals surface area contributed by atoms with E-state index < -0.39 is 30.2 Å². The van der Waals surface area contributed by atoms with Crippen molar-refractivity contribution in [1.29, 1.82) is 0 Å². The molecule has 35 heavy (non-hydrogen) atoms. The highest BCUT2D eigenvalue weighted by Crippen LogP contribution is 2.51. The Morgan fingerprint density at radius 3 is 2.20 bits per heavy atom. The molecule has 2 aliphatic rings. The number of ether oxygens (including phenoxy) is 1. The van der Waals surface area contributed by atoms with E-state index in [0.717, 1.165) is 18.7 Å². The maximum Gasteiger partial charge on any atom is 0.417 e. The van der Waals surface area contributed by atoms with Crippen LogP contribution in [0, 0.1) is 0 Å². The number of hydrogen-bond acceptors (Lipinski definition) is 8. The second-order valence-corrected chi connectivity index (χ2v) is 8.76. The van der Waals surface area contributed by atoms with Crippen LogP contribution >= 0.6 is 0 Å². The average molecular weight is 488 g/mol. The third-order valence-corrected chi connectivity index (χ3v) is 6.34. The topological polar surface area (TPSA) is 160 Å². The van der Waals surface area contributed by atoms with Crippen LogP contribution in [0.3, 0.4) is 0 Å². The summed E-state index contributed by atoms with van der Waals surface area (Å²) in [5.74, 6) is -2.96. The van der Waals surface area contributed by atoms with Crippen molar-refractivity contribution in [2.75, 3.05) is 30.9 Å². The maximum absolute atomic E-state index is 12.2. The number of carbonyl (C=O) groups is 3. The Bertz CT molecular complexity index is 1080. The number of para-hydroxylation sites is 1. The van der Waals surface area contributed by atoms with Crippen LogP contribution in [0.2, 0.25) is 0 Å². The maximum atomic E-state index is 12.2. The lowest BCUT2D eigenvalue weighted by molar-refractivity contribution is -0.165. The van der Waals surface area contributed by atoms with Crippen molar-refractivity contribution in [3.05, 3.63) is 54.1 Å². The van der Waals surface area contributed by atoms with Gasteiger partial charge in [-0.1, -0.05) is 25.1 Å². The molecule has 11 nitrogen and oxygen atoms in total. The molecule has 4 atom stereocenters. The molecule has 0 aliphatic carbocycles. The van der Waals surface area contributed by atoms with Gasteiger partial charge in [-0.25, -0.2) is 14.4 Å². The number of likely N-dealkylation sites (N-methyl/N-ethyl adjacent to an activating group) is 2. The highest BCUT2D eigenvalue weighted by atomic mass is 16.6. The second kappa shape index (κ2) is 10.3. The Balaban J connectivity index is 0.000000292. The molecule has 0 bridgehead atoms. The van der Waals surface area contributed by atoms with E-state index in [0.29, 0.717) is 11.9 Å². The highest BCUT2D eigenvalue weighted by Gasteiger charge is 2.52. The molecule has 2 heterocycles. The Kier molecular flexibility index (Phi) is 7.64. The van der Waals surface area contributed by atoms with Crippen LogP contribution in [0.4, 0.5) is 16.2 Å². The zero-order valence-electron chi connectivity index (χ0n) is 19.6. The van der Waals surface area contributed by atoms with Gasteiger partial charge in [0.15, 0.2) is 12.2 Å². The van der Waals surface area contributed by atoms with Crippen molar-refractivity contribution in [2.24, 2.45) is 0 Å². The summed E-state index contributed by atoms with van der Waals surface area (Å²) in [6.07, 6.45) is -3.54. The fourth-order valence-corrected chi connectivity index (χ4v) is 4.66. The minimum absolute atomic E-state index is 0.0636. The van der Waals surface area contributed by atoms with Crippen molar-refractivity contribution in [3.63, 3.8) is 0 Å². The zero-order valence-corrected chi connectivity index (χ0v) is 19.6. The third-order valence-electron chi connectivity index (χ3n) is 6.34. The molecular formula is C24H29N3O8. The van der Waals surface area contributed by atoms with Gasteiger partial charge in [0.25, 0.3) is 0 Å². The number of likely N-dealkylation sites (tertiary alicyclic amines) is 1. The number of rotatable bonds is 5. The van der Waals surface area contributed by atoms with Crippen LogP contribution < -0.4 is 15.0 Å². The summed E-state index contributed by atoms with van der Waals surface area (Å²) in [4.78, 5) is 36.4. The Labute approximate surface area is 202 Å². The van der Waals surface area contributed by atoms with Crippen molar-refractivity contribution in [2.45, 2.75) is 37.1 Å². The molecule has 1 amide bonds. The summed E-state index contributed by atoms with van der Waals surface area (Å²) in [7, 11) is 4.31. The lowest BCUT2D eigenvalue weighted by Crippen LogP contribution is -2.45. The summed E-state index contributed by atoms with van der Waals surface area (Å²) in [5.41, 5.74) is 3.26. The molecule has 188 valence electrons. The van der Waals surface area contributed by atoms with Crippen LogP contribution in [0.15, 0.2) is 48.5 Å². The number of amides is 1. The van der Waals surface area contributed by atoms with E-state index in [2.05, 4.69) is 42.2 Å². The highest BCUT2D eigenvalue weighted by molar-refractivity contribution is 5.86. The monoisotopic (exact) mass is 487 g/mol. The van der Waals surface area contributed by atoms with Gasteiger partial charge in [-0.2, -0.15) is 0 Å². The van der Waals surface area contributed by atoms with Gasteiger partial charge in [-0.3, -0.25) is 10.2 Å². The molecule has 2 aromatic carbocycles. The number of fused-ring (bicyclic) bond motifs is 3. The number of nitrogens with one attached hydrogen (secondary N) is 1. The van der Waals surface area contributed by atoms with Gasteiger partial charge in [0.1, 0.15) is 5.75 Å². The van der Waals surface area contributed by atoms with Crippen molar-refractivity contribution < 1.29 is 39.5 Å². The number of carboxylic acid groups (broad SMARTS) is 2. The first kappa shape index (κ1) is 25.9. The predicted molar refractivity (Wildman–Crippen MR) is 127 cm³/mol. The van der Waals surface area contributed by atoms with E-state index in [1.54, 1.807) is 0 Å². The third kappa shape index (κ3) is 5.37. The molecule has 5 N–H and O–H groups in total. The molecular weight excluding hydrogens is 458 g/mol. The number of carboxylic acids is 2. The second-order valence-electron chi connectivity index (χ2n) is 8.76. The number of anilines is 2. The number of aliphatic hydroxyl groups excluding tert-OH is 2. The van der Waals surface area contributed by atoms with Gasteiger partial charge in [-0.05, 0) is 49.4 Å². The van der Waals surface area contributed by atoms with Gasteiger partial charge in [0, 0.05) is 30.4 Å². The number of nitrogens with zero attached hydrogens (tertiary/aromatic N) is 2. The lowest BCUT2D eigenvalue weighted by atomic mass is 9.81. The molecule has 11 heteroatoms. The summed E-state index contributed by atoms with van der Waals surface area (Å²) in [6, 6.07) is 15.3. The van der Waals surface area contributed by atoms with E-state index in [1.165, 1.54) is 11.3 Å². The summed E-state index contributed by atoms with van der Waals surface area (Å²) < 4.78 is 5.52. The largest absolute Gasteiger partial charge is 0.479 e. The van der Waals surface area contributed by atoms with Gasteiger partial charge >= 0.3 is 18.0 Å². The van der Waals surface area contributed by atoms with Gasteiger partial charge in [-0.15, -0.1) is 0 Å². The standard InChI is InChI=1S/C20H23N3O2.C4H6O6/c1-20-11-12-22(2)18(20)23(3)17-10-9-15(13-16(17)20)25-19(24)21-14-7-5-4-6-8-14;5-1(3(7)8)2(6)4(9)10/h4-10,13,18H,11-12H2,1-3H3,(H,21,24);1-2,5-6H,(H,7,8)(H,9,10). The molecule has 4 unspecified atom stereocenters. The average Bonchev–Trinajstić information content (AvgIpc) is 3.24. The summed E-state index contributed by atoms with van der Waals surface area (Å²) in [5, 5.41) is 35.3. The number of aliphatic carboxylic acids is 2. The van der Waals surface area contributed by atoms with Crippen molar-refractivity contribution in [1.82, 2.24) is 4.90 Å². The smallest absolute Gasteiger partial charge is 0.417 e. The van der Waals surface area contributed by atoms with Crippen molar-refractivity contribution in [3.8, 4) is 5.75 Å². The van der Waals surface area contributed by atoms with E-state index in [1.807, 2.05) is 42.5 Å². The number of carbonyl (C=O) groups excluding carboxylic acids is 1. The number of benzene rings is 2. The van der Waals surface area contributed by atoms with Gasteiger partial charge in [0.2, 0.25) is 0 Å². The van der Waals surface area contributed by atoms with Crippen LogP contribution in [0.5, 0.6) is 5.75 Å². The molecule has 4 rings (SSSR count). The zero-order chi connectivity index (χ0) is 25.9. The summed E-state index contributed by atoms with van der Waals surface area (Å²) in [6.45, 7) is 3.38.